The Hall–Kier alpha value is -3.88. The number of rotatable bonds is 4. The Morgan fingerprint density at radius 1 is 0.636 bits per heavy atom. The van der Waals surface area contributed by atoms with Crippen LogP contribution >= 0.6 is 0 Å². The summed E-state index contributed by atoms with van der Waals surface area (Å²) in [6.45, 7) is 2.21. The summed E-state index contributed by atoms with van der Waals surface area (Å²) in [6, 6.07) is 23.2. The molecule has 33 heavy (non-hydrogen) atoms. The summed E-state index contributed by atoms with van der Waals surface area (Å²) >= 11 is 0. The zero-order valence-corrected chi connectivity index (χ0v) is 18.6. The van der Waals surface area contributed by atoms with Crippen LogP contribution in [0.5, 0.6) is 0 Å². The van der Waals surface area contributed by atoms with Gasteiger partial charge >= 0.3 is 0 Å². The first-order valence-corrected chi connectivity index (χ1v) is 11.2. The van der Waals surface area contributed by atoms with Crippen molar-refractivity contribution in [3.63, 3.8) is 0 Å². The molecule has 162 valence electrons. The normalized spacial score (nSPS) is 10.3. The third-order valence-corrected chi connectivity index (χ3v) is 5.51. The smallest absolute Gasteiger partial charge is 0.146 e. The first kappa shape index (κ1) is 22.3. The van der Waals surface area contributed by atoms with Gasteiger partial charge in [0.1, 0.15) is 11.6 Å². The lowest BCUT2D eigenvalue weighted by Gasteiger charge is -2.03. The minimum absolute atomic E-state index is 0.310. The van der Waals surface area contributed by atoms with E-state index in [1.54, 1.807) is 24.3 Å². The molecule has 0 aromatic heterocycles. The molecule has 0 nitrogen and oxygen atoms in total. The van der Waals surface area contributed by atoms with Gasteiger partial charge in [-0.1, -0.05) is 67.7 Å². The maximum atomic E-state index is 15.0. The van der Waals surface area contributed by atoms with Crippen molar-refractivity contribution in [2.24, 2.45) is 0 Å². The zero-order chi connectivity index (χ0) is 23.0. The van der Waals surface area contributed by atoms with Crippen molar-refractivity contribution in [1.29, 1.82) is 0 Å². The predicted molar refractivity (Wildman–Crippen MR) is 132 cm³/mol. The molecule has 0 radical (unpaired) electrons. The van der Waals surface area contributed by atoms with Gasteiger partial charge in [0.2, 0.25) is 0 Å². The summed E-state index contributed by atoms with van der Waals surface area (Å²) in [4.78, 5) is 0. The van der Waals surface area contributed by atoms with Crippen LogP contribution in [0.4, 0.5) is 8.78 Å². The second kappa shape index (κ2) is 10.6. The van der Waals surface area contributed by atoms with E-state index >= 15 is 0 Å². The molecule has 4 rings (SSSR count). The monoisotopic (exact) mass is 434 g/mol. The van der Waals surface area contributed by atoms with Gasteiger partial charge in [0.15, 0.2) is 0 Å². The molecule has 0 heterocycles. The minimum atomic E-state index is -0.361. The number of benzene rings is 4. The fraction of sp³-hybridized carbons (Fsp3) is 0.161. The Morgan fingerprint density at radius 3 is 2.00 bits per heavy atom. The molecule has 0 saturated carbocycles. The summed E-state index contributed by atoms with van der Waals surface area (Å²) < 4.78 is 28.0. The van der Waals surface area contributed by atoms with E-state index in [2.05, 4.69) is 54.9 Å². The first-order valence-electron chi connectivity index (χ1n) is 11.2. The van der Waals surface area contributed by atoms with Gasteiger partial charge in [-0.15, -0.1) is 0 Å². The number of halogens is 2. The molecule has 0 spiro atoms. The van der Waals surface area contributed by atoms with Gasteiger partial charge in [0, 0.05) is 22.1 Å². The highest BCUT2D eigenvalue weighted by Crippen LogP contribution is 2.22. The molecule has 4 aromatic carbocycles. The van der Waals surface area contributed by atoms with Gasteiger partial charge in [0.25, 0.3) is 0 Å². The Balaban J connectivity index is 1.51. The van der Waals surface area contributed by atoms with E-state index in [9.17, 15) is 8.78 Å². The molecule has 0 atom stereocenters. The van der Waals surface area contributed by atoms with Crippen LogP contribution in [0.25, 0.3) is 10.8 Å². The van der Waals surface area contributed by atoms with Gasteiger partial charge in [0.05, 0.1) is 5.56 Å². The van der Waals surface area contributed by atoms with Crippen LogP contribution < -0.4 is 0 Å². The average molecular weight is 435 g/mol. The predicted octanol–water partition coefficient (Wildman–Crippen LogP) is 7.65. The van der Waals surface area contributed by atoms with E-state index < -0.39 is 0 Å². The number of unbranched alkanes of at least 4 members (excludes halogenated alkanes) is 2. The number of aryl methyl sites for hydroxylation is 1. The van der Waals surface area contributed by atoms with Gasteiger partial charge in [-0.05, 0) is 78.4 Å². The molecule has 0 amide bonds. The van der Waals surface area contributed by atoms with Gasteiger partial charge < -0.3 is 0 Å². The number of fused-ring (bicyclic) bond motifs is 1. The van der Waals surface area contributed by atoms with Crippen LogP contribution in [0.2, 0.25) is 0 Å². The Labute approximate surface area is 194 Å². The Kier molecular flexibility index (Phi) is 7.19. The van der Waals surface area contributed by atoms with Crippen LogP contribution in [0.1, 0.15) is 54.0 Å². The summed E-state index contributed by atoms with van der Waals surface area (Å²) in [6.07, 6.45) is 4.80. The highest BCUT2D eigenvalue weighted by atomic mass is 19.1. The van der Waals surface area contributed by atoms with E-state index in [0.29, 0.717) is 16.5 Å². The molecule has 2 heteroatoms. The average Bonchev–Trinajstić information content (AvgIpc) is 2.84. The Morgan fingerprint density at radius 2 is 1.27 bits per heavy atom. The maximum Gasteiger partial charge on any atom is 0.146 e. The molecule has 0 saturated heterocycles. The van der Waals surface area contributed by atoms with Crippen molar-refractivity contribution >= 4 is 10.8 Å². The van der Waals surface area contributed by atoms with Crippen LogP contribution in [0.3, 0.4) is 0 Å². The molecule has 0 bridgehead atoms. The largest absolute Gasteiger partial charge is 0.207 e. The van der Waals surface area contributed by atoms with Crippen LogP contribution in [-0.4, -0.2) is 0 Å². The van der Waals surface area contributed by atoms with E-state index in [1.165, 1.54) is 37.0 Å². The highest BCUT2D eigenvalue weighted by molar-refractivity contribution is 5.86. The molecule has 0 unspecified atom stereocenters. The number of hydrogen-bond donors (Lipinski definition) is 0. The summed E-state index contributed by atoms with van der Waals surface area (Å²) in [5.41, 5.74) is 4.08. The van der Waals surface area contributed by atoms with E-state index in [4.69, 9.17) is 0 Å². The fourth-order valence-corrected chi connectivity index (χ4v) is 3.62. The second-order valence-electron chi connectivity index (χ2n) is 8.02. The minimum Gasteiger partial charge on any atom is -0.207 e. The quantitative estimate of drug-likeness (QED) is 0.229. The summed E-state index contributed by atoms with van der Waals surface area (Å²) in [5.74, 6) is 11.4. The van der Waals surface area contributed by atoms with Crippen molar-refractivity contribution in [3.8, 4) is 23.7 Å². The molecular formula is C31H24F2. The standard InChI is InChI=1S/C31H24F2/c1-2-3-4-5-23-6-8-24(9-7-23)10-11-26-15-21-30-28(22-26)18-17-27(31(30)33)16-12-25-13-19-29(32)20-14-25/h6-9,13-15,17-22H,2-5H2,1H3. The lowest BCUT2D eigenvalue weighted by molar-refractivity contribution is 0.627. The lowest BCUT2D eigenvalue weighted by Crippen LogP contribution is -1.88. The lowest BCUT2D eigenvalue weighted by atomic mass is 10.0. The van der Waals surface area contributed by atoms with E-state index in [1.807, 2.05) is 18.2 Å². The fourth-order valence-electron chi connectivity index (χ4n) is 3.62. The van der Waals surface area contributed by atoms with E-state index in [0.717, 1.165) is 22.9 Å². The third-order valence-electron chi connectivity index (χ3n) is 5.51. The highest BCUT2D eigenvalue weighted by Gasteiger charge is 2.06. The second-order valence-corrected chi connectivity index (χ2v) is 8.02. The first-order chi connectivity index (χ1) is 16.1. The van der Waals surface area contributed by atoms with Crippen molar-refractivity contribution < 1.29 is 8.78 Å². The van der Waals surface area contributed by atoms with Crippen LogP contribution in [-0.2, 0) is 6.42 Å². The third kappa shape index (κ3) is 5.88. The molecule has 0 aliphatic rings. The molecule has 0 aliphatic carbocycles. The van der Waals surface area contributed by atoms with Gasteiger partial charge in [-0.2, -0.15) is 0 Å². The summed E-state index contributed by atoms with van der Waals surface area (Å²) in [7, 11) is 0. The molecular weight excluding hydrogens is 410 g/mol. The van der Waals surface area contributed by atoms with Gasteiger partial charge in [-0.25, -0.2) is 8.78 Å². The molecule has 0 N–H and O–H groups in total. The zero-order valence-electron chi connectivity index (χ0n) is 18.6. The van der Waals surface area contributed by atoms with E-state index in [-0.39, 0.29) is 11.6 Å². The van der Waals surface area contributed by atoms with Crippen molar-refractivity contribution in [2.45, 2.75) is 32.6 Å². The molecule has 0 aliphatic heterocycles. The topological polar surface area (TPSA) is 0 Å². The van der Waals surface area contributed by atoms with Crippen LogP contribution in [0.15, 0.2) is 78.9 Å². The SMILES string of the molecule is CCCCCc1ccc(C#Cc2ccc3c(F)c(C#Cc4ccc(F)cc4)ccc3c2)cc1. The van der Waals surface area contributed by atoms with Crippen LogP contribution in [0, 0.1) is 35.3 Å². The summed E-state index contributed by atoms with van der Waals surface area (Å²) in [5, 5.41) is 1.28. The Bertz CT molecular complexity index is 1370. The maximum absolute atomic E-state index is 15.0. The molecule has 0 fully saturated rings. The van der Waals surface area contributed by atoms with Crippen molar-refractivity contribution in [1.82, 2.24) is 0 Å². The van der Waals surface area contributed by atoms with Gasteiger partial charge in [-0.3, -0.25) is 0 Å². The van der Waals surface area contributed by atoms with Crippen molar-refractivity contribution in [2.75, 3.05) is 0 Å². The number of hydrogen-bond acceptors (Lipinski definition) is 0. The van der Waals surface area contributed by atoms with Crippen molar-refractivity contribution in [3.05, 3.63) is 118 Å². The molecule has 4 aromatic rings.